The molecule has 1 rings (SSSR count). The van der Waals surface area contributed by atoms with E-state index in [9.17, 15) is 4.39 Å². The summed E-state index contributed by atoms with van der Waals surface area (Å²) in [6.07, 6.45) is 0. The minimum Gasteiger partial charge on any atom is -0.387 e. The molecule has 4 heteroatoms. The van der Waals surface area contributed by atoms with Crippen LogP contribution >= 0.6 is 11.6 Å². The molecule has 0 saturated carbocycles. The molecule has 1 aromatic carbocycles. The van der Waals surface area contributed by atoms with Crippen LogP contribution in [0.5, 0.6) is 0 Å². The highest BCUT2D eigenvalue weighted by molar-refractivity contribution is 6.33. The number of hydrogen-bond acceptors (Lipinski definition) is 1. The Hall–Kier alpha value is -1.09. The fraction of sp³-hybridized carbons (Fsp3) is 0.125. The van der Waals surface area contributed by atoms with Crippen LogP contribution in [0.15, 0.2) is 23.2 Å². The zero-order chi connectivity index (χ0) is 9.14. The van der Waals surface area contributed by atoms with Gasteiger partial charge in [-0.3, -0.25) is 0 Å². The fourth-order valence-electron chi connectivity index (χ4n) is 0.762. The van der Waals surface area contributed by atoms with Gasteiger partial charge in [0.15, 0.2) is 0 Å². The third-order valence-corrected chi connectivity index (χ3v) is 1.51. The van der Waals surface area contributed by atoms with Gasteiger partial charge in [-0.1, -0.05) is 11.6 Å². The van der Waals surface area contributed by atoms with E-state index in [-0.39, 0.29) is 10.8 Å². The zero-order valence-electron chi connectivity index (χ0n) is 6.51. The van der Waals surface area contributed by atoms with Gasteiger partial charge in [0, 0.05) is 0 Å². The molecule has 0 aliphatic carbocycles. The second-order valence-corrected chi connectivity index (χ2v) is 2.76. The SMILES string of the molecule is CC(N)=Nc1ccc(F)cc1Cl. The van der Waals surface area contributed by atoms with Crippen LogP contribution in [0.3, 0.4) is 0 Å². The molecule has 0 bridgehead atoms. The number of aliphatic imine (C=N–C) groups is 1. The molecule has 0 aliphatic heterocycles. The standard InChI is InChI=1S/C8H8ClFN2/c1-5(11)12-8-3-2-6(10)4-7(8)9/h2-4H,1H3,(H2,11,12). The van der Waals surface area contributed by atoms with E-state index in [1.54, 1.807) is 6.92 Å². The highest BCUT2D eigenvalue weighted by Gasteiger charge is 1.99. The molecule has 2 nitrogen and oxygen atoms in total. The molecule has 0 aromatic heterocycles. The molecule has 0 radical (unpaired) electrons. The second-order valence-electron chi connectivity index (χ2n) is 2.35. The molecule has 0 atom stereocenters. The van der Waals surface area contributed by atoms with Gasteiger partial charge < -0.3 is 5.73 Å². The molecule has 0 unspecified atom stereocenters. The van der Waals surface area contributed by atoms with Crippen molar-refractivity contribution in [2.45, 2.75) is 6.92 Å². The zero-order valence-corrected chi connectivity index (χ0v) is 7.27. The van der Waals surface area contributed by atoms with Crippen molar-refractivity contribution in [2.75, 3.05) is 0 Å². The summed E-state index contributed by atoms with van der Waals surface area (Å²) in [6.45, 7) is 1.64. The van der Waals surface area contributed by atoms with Crippen LogP contribution in [0.4, 0.5) is 10.1 Å². The molecule has 1 aromatic rings. The van der Waals surface area contributed by atoms with Gasteiger partial charge in [-0.25, -0.2) is 9.38 Å². The summed E-state index contributed by atoms with van der Waals surface area (Å²) in [6, 6.07) is 3.96. The maximum absolute atomic E-state index is 12.5. The summed E-state index contributed by atoms with van der Waals surface area (Å²) in [5.41, 5.74) is 5.81. The summed E-state index contributed by atoms with van der Waals surface area (Å²) in [5, 5.41) is 0.264. The molecule has 2 N–H and O–H groups in total. The van der Waals surface area contributed by atoms with Crippen molar-refractivity contribution in [1.82, 2.24) is 0 Å². The van der Waals surface area contributed by atoms with Crippen LogP contribution in [0.1, 0.15) is 6.92 Å². The first-order chi connectivity index (χ1) is 5.59. The Balaban J connectivity index is 3.10. The number of nitrogens with zero attached hydrogens (tertiary/aromatic N) is 1. The van der Waals surface area contributed by atoms with Crippen LogP contribution in [0, 0.1) is 5.82 Å². The maximum atomic E-state index is 12.5. The lowest BCUT2D eigenvalue weighted by Crippen LogP contribution is -2.03. The lowest BCUT2D eigenvalue weighted by atomic mass is 10.3. The Bertz CT molecular complexity index is 319. The number of halogens is 2. The molecule has 0 spiro atoms. The molecule has 0 heterocycles. The van der Waals surface area contributed by atoms with Crippen LogP contribution in [0.2, 0.25) is 5.02 Å². The van der Waals surface area contributed by atoms with E-state index in [0.29, 0.717) is 11.5 Å². The molecule has 64 valence electrons. The smallest absolute Gasteiger partial charge is 0.124 e. The molecule has 0 amide bonds. The normalized spacial score (nSPS) is 11.8. The molecule has 0 saturated heterocycles. The van der Waals surface area contributed by atoms with Crippen LogP contribution in [0.25, 0.3) is 0 Å². The first-order valence-electron chi connectivity index (χ1n) is 3.35. The Morgan fingerprint density at radius 1 is 1.58 bits per heavy atom. The van der Waals surface area contributed by atoms with Gasteiger partial charge in [-0.2, -0.15) is 0 Å². The summed E-state index contributed by atoms with van der Waals surface area (Å²) >= 11 is 5.67. The maximum Gasteiger partial charge on any atom is 0.124 e. The van der Waals surface area contributed by atoms with Crippen molar-refractivity contribution in [1.29, 1.82) is 0 Å². The van der Waals surface area contributed by atoms with Crippen LogP contribution in [-0.2, 0) is 0 Å². The highest BCUT2D eigenvalue weighted by atomic mass is 35.5. The van der Waals surface area contributed by atoms with Crippen LogP contribution < -0.4 is 5.73 Å². The molecule has 0 fully saturated rings. The summed E-state index contributed by atoms with van der Waals surface area (Å²) in [5.74, 6) is 0.0112. The van der Waals surface area contributed by atoms with Gasteiger partial charge in [0.1, 0.15) is 5.82 Å². The third-order valence-electron chi connectivity index (χ3n) is 1.21. The van der Waals surface area contributed by atoms with E-state index >= 15 is 0 Å². The predicted molar refractivity (Wildman–Crippen MR) is 48.4 cm³/mol. The van der Waals surface area contributed by atoms with E-state index in [1.165, 1.54) is 18.2 Å². The highest BCUT2D eigenvalue weighted by Crippen LogP contribution is 2.24. The number of nitrogens with two attached hydrogens (primary N) is 1. The Labute approximate surface area is 74.9 Å². The Kier molecular flexibility index (Phi) is 2.65. The number of rotatable bonds is 1. The van der Waals surface area contributed by atoms with Crippen molar-refractivity contribution in [3.63, 3.8) is 0 Å². The number of benzene rings is 1. The van der Waals surface area contributed by atoms with E-state index in [4.69, 9.17) is 17.3 Å². The van der Waals surface area contributed by atoms with E-state index < -0.39 is 0 Å². The van der Waals surface area contributed by atoms with Crippen molar-refractivity contribution >= 4 is 23.1 Å². The third kappa shape index (κ3) is 2.20. The minimum atomic E-state index is -0.381. The van der Waals surface area contributed by atoms with Crippen molar-refractivity contribution in [3.05, 3.63) is 29.0 Å². The van der Waals surface area contributed by atoms with Crippen molar-refractivity contribution in [2.24, 2.45) is 10.7 Å². The molecule has 12 heavy (non-hydrogen) atoms. The first-order valence-corrected chi connectivity index (χ1v) is 3.73. The molecular formula is C8H8ClFN2. The Morgan fingerprint density at radius 3 is 2.75 bits per heavy atom. The largest absolute Gasteiger partial charge is 0.387 e. The second kappa shape index (κ2) is 3.54. The van der Waals surface area contributed by atoms with Crippen molar-refractivity contribution < 1.29 is 4.39 Å². The van der Waals surface area contributed by atoms with E-state index in [1.807, 2.05) is 0 Å². The van der Waals surface area contributed by atoms with E-state index in [0.717, 1.165) is 0 Å². The average molecular weight is 187 g/mol. The monoisotopic (exact) mass is 186 g/mol. The van der Waals surface area contributed by atoms with E-state index in [2.05, 4.69) is 4.99 Å². The lowest BCUT2D eigenvalue weighted by Gasteiger charge is -1.97. The average Bonchev–Trinajstić information content (AvgIpc) is 1.94. The van der Waals surface area contributed by atoms with Gasteiger partial charge >= 0.3 is 0 Å². The Morgan fingerprint density at radius 2 is 2.25 bits per heavy atom. The molecule has 0 aliphatic rings. The van der Waals surface area contributed by atoms with Gasteiger partial charge in [-0.05, 0) is 25.1 Å². The predicted octanol–water partition coefficient (Wildman–Crippen LogP) is 2.49. The lowest BCUT2D eigenvalue weighted by molar-refractivity contribution is 0.628. The summed E-state index contributed by atoms with van der Waals surface area (Å²) in [7, 11) is 0. The van der Waals surface area contributed by atoms with Crippen molar-refractivity contribution in [3.8, 4) is 0 Å². The summed E-state index contributed by atoms with van der Waals surface area (Å²) < 4.78 is 12.5. The quantitative estimate of drug-likeness (QED) is 0.531. The van der Waals surface area contributed by atoms with Crippen LogP contribution in [-0.4, -0.2) is 5.84 Å². The van der Waals surface area contributed by atoms with Gasteiger partial charge in [0.05, 0.1) is 16.5 Å². The molecular weight excluding hydrogens is 179 g/mol. The van der Waals surface area contributed by atoms with Gasteiger partial charge in [-0.15, -0.1) is 0 Å². The van der Waals surface area contributed by atoms with Gasteiger partial charge in [0.25, 0.3) is 0 Å². The summed E-state index contributed by atoms with van der Waals surface area (Å²) in [4.78, 5) is 3.90. The van der Waals surface area contributed by atoms with Gasteiger partial charge in [0.2, 0.25) is 0 Å². The first kappa shape index (κ1) is 9.00. The fourth-order valence-corrected chi connectivity index (χ4v) is 0.971. The number of hydrogen-bond donors (Lipinski definition) is 1. The topological polar surface area (TPSA) is 38.4 Å². The number of amidine groups is 1. The minimum absolute atomic E-state index is 0.264.